The smallest absolute Gasteiger partial charge is 0.185 e. The first-order chi connectivity index (χ1) is 6.99. The third-order valence-corrected chi connectivity index (χ3v) is 3.08. The molecule has 4 nitrogen and oxygen atoms in total. The molecule has 1 atom stereocenters. The zero-order valence-electron chi connectivity index (χ0n) is 7.64. The fraction of sp³-hybridized carbons (Fsp3) is 0.222. The summed E-state index contributed by atoms with van der Waals surface area (Å²) >= 11 is 6.91. The molecule has 0 saturated heterocycles. The summed E-state index contributed by atoms with van der Waals surface area (Å²) in [6.45, 7) is 0. The molecule has 82 valence electrons. The van der Waals surface area contributed by atoms with Crippen molar-refractivity contribution in [2.75, 3.05) is 5.75 Å². The first-order valence-corrected chi connectivity index (χ1v) is 5.52. The van der Waals surface area contributed by atoms with E-state index in [0.29, 0.717) is 0 Å². The number of phenolic OH excluding ortho intramolecular Hbond substituents is 2. The van der Waals surface area contributed by atoms with Gasteiger partial charge in [0.25, 0.3) is 0 Å². The number of hydrogen-bond donors (Lipinski definition) is 4. The first kappa shape index (κ1) is 12.4. The minimum absolute atomic E-state index is 0.0171. The van der Waals surface area contributed by atoms with Gasteiger partial charge >= 0.3 is 0 Å². The molecule has 0 spiro atoms. The van der Waals surface area contributed by atoms with E-state index in [-0.39, 0.29) is 27.3 Å². The van der Waals surface area contributed by atoms with E-state index in [9.17, 15) is 15.0 Å². The van der Waals surface area contributed by atoms with Crippen molar-refractivity contribution in [1.29, 1.82) is 0 Å². The van der Waals surface area contributed by atoms with Gasteiger partial charge < -0.3 is 15.9 Å². The molecule has 6 heteroatoms. The molecule has 1 rings (SSSR count). The van der Waals surface area contributed by atoms with Crippen LogP contribution in [-0.2, 0) is 0 Å². The van der Waals surface area contributed by atoms with Crippen LogP contribution >= 0.6 is 28.6 Å². The Morgan fingerprint density at radius 3 is 2.53 bits per heavy atom. The van der Waals surface area contributed by atoms with Crippen LogP contribution in [0.15, 0.2) is 16.6 Å². The molecule has 0 aliphatic carbocycles. The molecule has 0 fully saturated rings. The van der Waals surface area contributed by atoms with Crippen LogP contribution in [0.5, 0.6) is 11.5 Å². The average Bonchev–Trinajstić information content (AvgIpc) is 2.22. The SMILES string of the molecule is N[C@@H](CS)C(=O)c1c(O)ccc(O)c1Br. The number of carbonyl (C=O) groups excluding carboxylic acids is 1. The molecule has 0 aliphatic heterocycles. The lowest BCUT2D eigenvalue weighted by atomic mass is 10.0. The minimum atomic E-state index is -0.808. The number of phenols is 2. The Hall–Kier alpha value is -0.720. The third-order valence-electron chi connectivity index (χ3n) is 1.88. The molecule has 15 heavy (non-hydrogen) atoms. The van der Waals surface area contributed by atoms with Gasteiger partial charge in [-0.2, -0.15) is 12.6 Å². The molecule has 0 heterocycles. The summed E-state index contributed by atoms with van der Waals surface area (Å²) in [6, 6.07) is 1.71. The van der Waals surface area contributed by atoms with Crippen LogP contribution in [0.3, 0.4) is 0 Å². The number of aromatic hydroxyl groups is 2. The molecule has 0 aromatic heterocycles. The molecule has 4 N–H and O–H groups in total. The van der Waals surface area contributed by atoms with Gasteiger partial charge in [-0.15, -0.1) is 0 Å². The molecule has 0 amide bonds. The van der Waals surface area contributed by atoms with Gasteiger partial charge in [0.05, 0.1) is 16.1 Å². The monoisotopic (exact) mass is 291 g/mol. The number of benzene rings is 1. The van der Waals surface area contributed by atoms with Crippen LogP contribution in [-0.4, -0.2) is 27.8 Å². The summed E-state index contributed by atoms with van der Waals surface area (Å²) in [5.74, 6) is -0.643. The molecular formula is C9H10BrNO3S. The van der Waals surface area contributed by atoms with Gasteiger partial charge in [0.15, 0.2) is 5.78 Å². The molecule has 0 unspecified atom stereocenters. The molecule has 0 saturated carbocycles. The van der Waals surface area contributed by atoms with Crippen molar-refractivity contribution in [2.24, 2.45) is 5.73 Å². The maximum atomic E-state index is 11.7. The number of carbonyl (C=O) groups is 1. The first-order valence-electron chi connectivity index (χ1n) is 4.10. The lowest BCUT2D eigenvalue weighted by Crippen LogP contribution is -2.32. The van der Waals surface area contributed by atoms with E-state index in [0.717, 1.165) is 0 Å². The van der Waals surface area contributed by atoms with Crippen LogP contribution in [0.2, 0.25) is 0 Å². The predicted octanol–water partition coefficient (Wildman–Crippen LogP) is 1.30. The van der Waals surface area contributed by atoms with Gasteiger partial charge in [0.1, 0.15) is 11.5 Å². The highest BCUT2D eigenvalue weighted by Crippen LogP contribution is 2.34. The lowest BCUT2D eigenvalue weighted by Gasteiger charge is -2.11. The van der Waals surface area contributed by atoms with E-state index in [1.165, 1.54) is 12.1 Å². The van der Waals surface area contributed by atoms with Gasteiger partial charge in [0, 0.05) is 5.75 Å². The Balaban J connectivity index is 3.24. The standard InChI is InChI=1S/C9H10BrNO3S/c10-8-6(13)2-1-5(12)7(8)9(14)4(11)3-15/h1-2,4,12-13,15H,3,11H2/t4-/m0/s1. The second kappa shape index (κ2) is 4.87. The summed E-state index contributed by atoms with van der Waals surface area (Å²) in [5, 5.41) is 18.8. The van der Waals surface area contributed by atoms with Crippen molar-refractivity contribution < 1.29 is 15.0 Å². The van der Waals surface area contributed by atoms with Gasteiger partial charge in [-0.3, -0.25) is 4.79 Å². The van der Waals surface area contributed by atoms with Gasteiger partial charge in [-0.25, -0.2) is 0 Å². The van der Waals surface area contributed by atoms with Crippen molar-refractivity contribution in [2.45, 2.75) is 6.04 Å². The molecule has 0 aliphatic rings. The number of rotatable bonds is 3. The topological polar surface area (TPSA) is 83.6 Å². The van der Waals surface area contributed by atoms with Gasteiger partial charge in [-0.05, 0) is 28.1 Å². The van der Waals surface area contributed by atoms with Crippen molar-refractivity contribution in [1.82, 2.24) is 0 Å². The Morgan fingerprint density at radius 2 is 2.00 bits per heavy atom. The second-order valence-electron chi connectivity index (χ2n) is 2.95. The number of Topliss-reactive ketones (excluding diaryl/α,β-unsaturated/α-hetero) is 1. The van der Waals surface area contributed by atoms with Crippen LogP contribution < -0.4 is 5.73 Å². The van der Waals surface area contributed by atoms with E-state index in [1.54, 1.807) is 0 Å². The largest absolute Gasteiger partial charge is 0.507 e. The average molecular weight is 292 g/mol. The molecular weight excluding hydrogens is 282 g/mol. The molecule has 1 aromatic rings. The van der Waals surface area contributed by atoms with Crippen molar-refractivity contribution in [3.63, 3.8) is 0 Å². The number of ketones is 1. The number of halogens is 1. The molecule has 0 bridgehead atoms. The van der Waals surface area contributed by atoms with Crippen LogP contribution in [0, 0.1) is 0 Å². The Bertz CT molecular complexity index is 397. The van der Waals surface area contributed by atoms with E-state index >= 15 is 0 Å². The molecule has 0 radical (unpaired) electrons. The normalized spacial score (nSPS) is 12.5. The minimum Gasteiger partial charge on any atom is -0.507 e. The third kappa shape index (κ3) is 2.45. The van der Waals surface area contributed by atoms with Crippen LogP contribution in [0.25, 0.3) is 0 Å². The zero-order valence-corrected chi connectivity index (χ0v) is 10.1. The zero-order chi connectivity index (χ0) is 11.6. The number of nitrogens with two attached hydrogens (primary N) is 1. The summed E-state index contributed by atoms with van der Waals surface area (Å²) in [6.07, 6.45) is 0. The van der Waals surface area contributed by atoms with Crippen LogP contribution in [0.4, 0.5) is 0 Å². The fourth-order valence-electron chi connectivity index (χ4n) is 1.06. The maximum Gasteiger partial charge on any atom is 0.185 e. The summed E-state index contributed by atoms with van der Waals surface area (Å²) in [5.41, 5.74) is 5.48. The summed E-state index contributed by atoms with van der Waals surface area (Å²) in [4.78, 5) is 11.7. The highest BCUT2D eigenvalue weighted by molar-refractivity contribution is 9.10. The van der Waals surface area contributed by atoms with Crippen molar-refractivity contribution >= 4 is 34.3 Å². The van der Waals surface area contributed by atoms with Crippen molar-refractivity contribution in [3.8, 4) is 11.5 Å². The Labute approximate surface area is 101 Å². The maximum absolute atomic E-state index is 11.7. The Kier molecular flexibility index (Phi) is 4.01. The van der Waals surface area contributed by atoms with Gasteiger partial charge in [0.2, 0.25) is 0 Å². The van der Waals surface area contributed by atoms with Gasteiger partial charge in [-0.1, -0.05) is 0 Å². The van der Waals surface area contributed by atoms with E-state index in [4.69, 9.17) is 5.73 Å². The van der Waals surface area contributed by atoms with E-state index in [2.05, 4.69) is 28.6 Å². The highest BCUT2D eigenvalue weighted by atomic mass is 79.9. The quantitative estimate of drug-likeness (QED) is 0.384. The van der Waals surface area contributed by atoms with E-state index < -0.39 is 11.8 Å². The second-order valence-corrected chi connectivity index (χ2v) is 4.10. The predicted molar refractivity (Wildman–Crippen MR) is 63.6 cm³/mol. The highest BCUT2D eigenvalue weighted by Gasteiger charge is 2.22. The Morgan fingerprint density at radius 1 is 1.47 bits per heavy atom. The molecule has 1 aromatic carbocycles. The fourth-order valence-corrected chi connectivity index (χ4v) is 1.75. The van der Waals surface area contributed by atoms with E-state index in [1.807, 2.05) is 0 Å². The summed E-state index contributed by atoms with van der Waals surface area (Å²) < 4.78 is 0.143. The van der Waals surface area contributed by atoms with Crippen LogP contribution in [0.1, 0.15) is 10.4 Å². The summed E-state index contributed by atoms with van der Waals surface area (Å²) in [7, 11) is 0. The number of thiol groups is 1. The number of hydrogen-bond acceptors (Lipinski definition) is 5. The lowest BCUT2D eigenvalue weighted by molar-refractivity contribution is 0.0966. The van der Waals surface area contributed by atoms with Crippen molar-refractivity contribution in [3.05, 3.63) is 22.2 Å².